The molecule has 0 saturated carbocycles. The van der Waals surface area contributed by atoms with Crippen LogP contribution in [0.4, 0.5) is 0 Å². The fourth-order valence-electron chi connectivity index (χ4n) is 1.66. The van der Waals surface area contributed by atoms with Crippen molar-refractivity contribution in [2.75, 3.05) is 6.61 Å². The van der Waals surface area contributed by atoms with E-state index in [0.717, 1.165) is 6.42 Å². The molecule has 0 aromatic carbocycles. The smallest absolute Gasteiger partial charge is 0.330 e. The van der Waals surface area contributed by atoms with Gasteiger partial charge in [-0.2, -0.15) is 0 Å². The fourth-order valence-corrected chi connectivity index (χ4v) is 1.66. The predicted molar refractivity (Wildman–Crippen MR) is 61.4 cm³/mol. The molecule has 2 heterocycles. The number of aromatic amines is 1. The first-order valence-electron chi connectivity index (χ1n) is 5.61. The Bertz CT molecular complexity index is 435. The van der Waals surface area contributed by atoms with Gasteiger partial charge in [-0.25, -0.2) is 4.79 Å². The van der Waals surface area contributed by atoms with Gasteiger partial charge in [0.15, 0.2) is 0 Å². The number of rotatable bonds is 1. The Morgan fingerprint density at radius 2 is 2.12 bits per heavy atom. The maximum atomic E-state index is 11.4. The molecule has 1 aliphatic rings. The van der Waals surface area contributed by atoms with Crippen molar-refractivity contribution in [3.8, 4) is 0 Å². The third-order valence-electron chi connectivity index (χ3n) is 2.47. The van der Waals surface area contributed by atoms with Gasteiger partial charge in [-0.15, -0.1) is 0 Å². The second-order valence-corrected chi connectivity index (χ2v) is 3.54. The van der Waals surface area contributed by atoms with Gasteiger partial charge in [0.05, 0.1) is 0 Å². The van der Waals surface area contributed by atoms with Crippen LogP contribution in [-0.4, -0.2) is 16.2 Å². The molecule has 2 unspecified atom stereocenters. The zero-order chi connectivity index (χ0) is 12.1. The average molecular weight is 226 g/mol. The van der Waals surface area contributed by atoms with E-state index in [1.165, 1.54) is 16.8 Å². The van der Waals surface area contributed by atoms with E-state index in [4.69, 9.17) is 4.74 Å². The molecule has 0 spiro atoms. The van der Waals surface area contributed by atoms with Crippen LogP contribution in [0.5, 0.6) is 0 Å². The van der Waals surface area contributed by atoms with Crippen LogP contribution in [0.25, 0.3) is 0 Å². The van der Waals surface area contributed by atoms with E-state index in [1.807, 2.05) is 20.8 Å². The lowest BCUT2D eigenvalue weighted by Gasteiger charge is -2.16. The van der Waals surface area contributed by atoms with Crippen LogP contribution >= 0.6 is 0 Å². The van der Waals surface area contributed by atoms with Crippen molar-refractivity contribution in [1.82, 2.24) is 9.55 Å². The van der Waals surface area contributed by atoms with Gasteiger partial charge in [0.1, 0.15) is 6.23 Å². The largest absolute Gasteiger partial charge is 0.358 e. The zero-order valence-corrected chi connectivity index (χ0v) is 9.90. The molecule has 1 saturated heterocycles. The summed E-state index contributed by atoms with van der Waals surface area (Å²) < 4.78 is 6.84. The SMILES string of the molecule is CC.CC1CCOC1n1ccc(=O)[nH]c1=O. The summed E-state index contributed by atoms with van der Waals surface area (Å²) >= 11 is 0. The van der Waals surface area contributed by atoms with Gasteiger partial charge in [-0.3, -0.25) is 14.3 Å². The van der Waals surface area contributed by atoms with Crippen molar-refractivity contribution in [3.05, 3.63) is 33.1 Å². The third kappa shape index (κ3) is 2.61. The Balaban J connectivity index is 0.000000606. The molecule has 2 rings (SSSR count). The molecule has 1 aromatic heterocycles. The predicted octanol–water partition coefficient (Wildman–Crippen LogP) is 1.12. The molecule has 2 atom stereocenters. The molecule has 16 heavy (non-hydrogen) atoms. The second kappa shape index (κ2) is 5.65. The highest BCUT2D eigenvalue weighted by Gasteiger charge is 2.26. The summed E-state index contributed by atoms with van der Waals surface area (Å²) in [5.74, 6) is 0.304. The van der Waals surface area contributed by atoms with Crippen molar-refractivity contribution < 1.29 is 4.74 Å². The summed E-state index contributed by atoms with van der Waals surface area (Å²) in [5.41, 5.74) is -0.784. The summed E-state index contributed by atoms with van der Waals surface area (Å²) in [7, 11) is 0. The van der Waals surface area contributed by atoms with Crippen LogP contribution in [0.15, 0.2) is 21.9 Å². The standard InChI is InChI=1S/C9H12N2O3.C2H6/c1-6-3-5-14-8(6)11-4-2-7(12)10-9(11)13;1-2/h2,4,6,8H,3,5H2,1H3,(H,10,12,13);1-2H3. The summed E-state index contributed by atoms with van der Waals surface area (Å²) in [6, 6.07) is 1.33. The number of nitrogens with one attached hydrogen (secondary N) is 1. The molecule has 5 nitrogen and oxygen atoms in total. The Hall–Kier alpha value is -1.36. The summed E-state index contributed by atoms with van der Waals surface area (Å²) in [4.78, 5) is 24.4. The molecular formula is C11H18N2O3. The fraction of sp³-hybridized carbons (Fsp3) is 0.636. The first-order valence-corrected chi connectivity index (χ1v) is 5.61. The number of hydrogen-bond acceptors (Lipinski definition) is 3. The Morgan fingerprint density at radius 1 is 1.44 bits per heavy atom. The first-order chi connectivity index (χ1) is 7.68. The maximum Gasteiger partial charge on any atom is 0.330 e. The molecule has 0 aliphatic carbocycles. The minimum absolute atomic E-state index is 0.237. The van der Waals surface area contributed by atoms with E-state index in [-0.39, 0.29) is 11.8 Å². The highest BCUT2D eigenvalue weighted by molar-refractivity contribution is 4.86. The van der Waals surface area contributed by atoms with E-state index in [2.05, 4.69) is 4.98 Å². The lowest BCUT2D eigenvalue weighted by molar-refractivity contribution is 0.0326. The quantitative estimate of drug-likeness (QED) is 0.780. The van der Waals surface area contributed by atoms with Gasteiger partial charge in [0.25, 0.3) is 5.56 Å². The monoisotopic (exact) mass is 226 g/mol. The van der Waals surface area contributed by atoms with Gasteiger partial charge in [-0.05, 0) is 6.42 Å². The minimum atomic E-state index is -0.406. The van der Waals surface area contributed by atoms with Gasteiger partial charge >= 0.3 is 5.69 Å². The van der Waals surface area contributed by atoms with Crippen molar-refractivity contribution in [2.24, 2.45) is 5.92 Å². The topological polar surface area (TPSA) is 64.1 Å². The first kappa shape index (κ1) is 12.7. The van der Waals surface area contributed by atoms with E-state index in [1.54, 1.807) is 0 Å². The Kier molecular flexibility index (Phi) is 4.49. The van der Waals surface area contributed by atoms with E-state index in [9.17, 15) is 9.59 Å². The van der Waals surface area contributed by atoms with Crippen LogP contribution in [0, 0.1) is 5.92 Å². The van der Waals surface area contributed by atoms with E-state index in [0.29, 0.717) is 12.5 Å². The van der Waals surface area contributed by atoms with Gasteiger partial charge < -0.3 is 4.74 Å². The molecule has 5 heteroatoms. The van der Waals surface area contributed by atoms with Crippen LogP contribution in [0.3, 0.4) is 0 Å². The molecule has 0 bridgehead atoms. The highest BCUT2D eigenvalue weighted by atomic mass is 16.5. The normalized spacial score (nSPS) is 23.7. The Morgan fingerprint density at radius 3 is 2.62 bits per heavy atom. The minimum Gasteiger partial charge on any atom is -0.358 e. The van der Waals surface area contributed by atoms with Crippen molar-refractivity contribution in [3.63, 3.8) is 0 Å². The molecule has 1 aliphatic heterocycles. The molecule has 0 amide bonds. The number of hydrogen-bond donors (Lipinski definition) is 1. The van der Waals surface area contributed by atoms with Crippen LogP contribution < -0.4 is 11.2 Å². The molecule has 1 N–H and O–H groups in total. The number of ether oxygens (including phenoxy) is 1. The number of nitrogens with zero attached hydrogens (tertiary/aromatic N) is 1. The van der Waals surface area contributed by atoms with Gasteiger partial charge in [-0.1, -0.05) is 20.8 Å². The molecule has 1 fully saturated rings. The molecule has 1 aromatic rings. The third-order valence-corrected chi connectivity index (χ3v) is 2.47. The van der Waals surface area contributed by atoms with Crippen molar-refractivity contribution in [1.29, 1.82) is 0 Å². The lowest BCUT2D eigenvalue weighted by Crippen LogP contribution is -2.32. The van der Waals surface area contributed by atoms with Gasteiger partial charge in [0.2, 0.25) is 0 Å². The Labute approximate surface area is 94.1 Å². The average Bonchev–Trinajstić information content (AvgIpc) is 2.68. The second-order valence-electron chi connectivity index (χ2n) is 3.54. The van der Waals surface area contributed by atoms with Crippen LogP contribution in [-0.2, 0) is 4.74 Å². The van der Waals surface area contributed by atoms with Crippen molar-refractivity contribution >= 4 is 0 Å². The van der Waals surface area contributed by atoms with E-state index < -0.39 is 5.69 Å². The summed E-state index contributed by atoms with van der Waals surface area (Å²) in [6.45, 7) is 6.69. The number of H-pyrrole nitrogens is 1. The summed E-state index contributed by atoms with van der Waals surface area (Å²) in [5, 5.41) is 0. The molecular weight excluding hydrogens is 208 g/mol. The molecule has 0 radical (unpaired) electrons. The van der Waals surface area contributed by atoms with Crippen LogP contribution in [0.2, 0.25) is 0 Å². The lowest BCUT2D eigenvalue weighted by atomic mass is 10.1. The summed E-state index contributed by atoms with van der Waals surface area (Å²) in [6.07, 6.45) is 2.18. The maximum absolute atomic E-state index is 11.4. The number of aromatic nitrogens is 2. The molecule has 90 valence electrons. The van der Waals surface area contributed by atoms with Crippen LogP contribution in [0.1, 0.15) is 33.4 Å². The zero-order valence-electron chi connectivity index (χ0n) is 9.90. The highest BCUT2D eigenvalue weighted by Crippen LogP contribution is 2.27. The van der Waals surface area contributed by atoms with E-state index >= 15 is 0 Å². The van der Waals surface area contributed by atoms with Crippen molar-refractivity contribution in [2.45, 2.75) is 33.4 Å². The van der Waals surface area contributed by atoms with Gasteiger partial charge in [0, 0.05) is 24.8 Å².